The van der Waals surface area contributed by atoms with E-state index in [0.29, 0.717) is 0 Å². The van der Waals surface area contributed by atoms with Gasteiger partial charge in [-0.3, -0.25) is 4.79 Å². The minimum Gasteiger partial charge on any atom is -0.481 e. The van der Waals surface area contributed by atoms with Gasteiger partial charge >= 0.3 is 5.97 Å². The van der Waals surface area contributed by atoms with Gasteiger partial charge in [0.2, 0.25) is 0 Å². The number of aliphatic carboxylic acids is 1. The quantitative estimate of drug-likeness (QED) is 0.783. The maximum absolute atomic E-state index is 11.0. The molecule has 1 aromatic carbocycles. The second kappa shape index (κ2) is 4.80. The van der Waals surface area contributed by atoms with Crippen LogP contribution in [0.1, 0.15) is 12.5 Å². The molecule has 2 N–H and O–H groups in total. The van der Waals surface area contributed by atoms with Crippen LogP contribution in [-0.2, 0) is 11.4 Å². The van der Waals surface area contributed by atoms with Gasteiger partial charge in [0, 0.05) is 0 Å². The lowest BCUT2D eigenvalue weighted by Gasteiger charge is -2.27. The van der Waals surface area contributed by atoms with Crippen molar-refractivity contribution in [1.29, 1.82) is 0 Å². The van der Waals surface area contributed by atoms with Crippen LogP contribution in [0.2, 0.25) is 18.6 Å². The molecule has 88 valence electrons. The van der Waals surface area contributed by atoms with Crippen molar-refractivity contribution < 1.29 is 15.0 Å². The molecule has 0 amide bonds. The van der Waals surface area contributed by atoms with Gasteiger partial charge in [-0.15, -0.1) is 0 Å². The Bertz CT molecular complexity index is 370. The van der Waals surface area contributed by atoms with Gasteiger partial charge in [0.05, 0.1) is 20.2 Å². The van der Waals surface area contributed by atoms with E-state index < -0.39 is 14.0 Å². The van der Waals surface area contributed by atoms with Crippen LogP contribution in [0.25, 0.3) is 0 Å². The number of carbonyl (C=O) groups is 1. The molecule has 1 unspecified atom stereocenters. The molecule has 0 aliphatic rings. The highest BCUT2D eigenvalue weighted by Crippen LogP contribution is 2.21. The molecular formula is C12H18O3Si. The van der Waals surface area contributed by atoms with Gasteiger partial charge in [-0.25, -0.2) is 0 Å². The lowest BCUT2D eigenvalue weighted by atomic mass is 10.2. The first kappa shape index (κ1) is 12.9. The molecule has 0 fully saturated rings. The zero-order valence-electron chi connectivity index (χ0n) is 9.90. The monoisotopic (exact) mass is 238 g/mol. The predicted octanol–water partition coefficient (Wildman–Crippen LogP) is 1.57. The Morgan fingerprint density at radius 3 is 2.19 bits per heavy atom. The Morgan fingerprint density at radius 2 is 1.81 bits per heavy atom. The number of hydrogen-bond acceptors (Lipinski definition) is 2. The minimum absolute atomic E-state index is 0.0246. The van der Waals surface area contributed by atoms with Crippen molar-refractivity contribution >= 4 is 19.2 Å². The Morgan fingerprint density at radius 1 is 1.31 bits per heavy atom. The topological polar surface area (TPSA) is 57.5 Å². The van der Waals surface area contributed by atoms with Gasteiger partial charge < -0.3 is 10.2 Å². The summed E-state index contributed by atoms with van der Waals surface area (Å²) in [6.45, 7) is 5.91. The molecule has 1 rings (SSSR count). The van der Waals surface area contributed by atoms with E-state index >= 15 is 0 Å². The third kappa shape index (κ3) is 2.51. The summed E-state index contributed by atoms with van der Waals surface area (Å²) in [5.41, 5.74) is 0.545. The zero-order chi connectivity index (χ0) is 12.3. The standard InChI is InChI=1S/C12H18O3Si/c1-9(12(14)15)16(2,3)11-6-4-10(8-13)5-7-11/h4-7,9,13H,8H2,1-3H3,(H,14,15). The summed E-state index contributed by atoms with van der Waals surface area (Å²) in [4.78, 5) is 11.0. The number of rotatable bonds is 4. The van der Waals surface area contributed by atoms with Crippen molar-refractivity contribution in [3.63, 3.8) is 0 Å². The third-order valence-electron chi connectivity index (χ3n) is 3.33. The molecule has 0 spiro atoms. The van der Waals surface area contributed by atoms with Crippen LogP contribution < -0.4 is 5.19 Å². The van der Waals surface area contributed by atoms with E-state index in [9.17, 15) is 4.79 Å². The fourth-order valence-electron chi connectivity index (χ4n) is 1.60. The molecule has 0 bridgehead atoms. The van der Waals surface area contributed by atoms with E-state index in [0.717, 1.165) is 10.8 Å². The maximum Gasteiger partial charge on any atom is 0.303 e. The van der Waals surface area contributed by atoms with E-state index in [1.54, 1.807) is 6.92 Å². The van der Waals surface area contributed by atoms with E-state index in [-0.39, 0.29) is 12.1 Å². The molecule has 0 aliphatic carbocycles. The largest absolute Gasteiger partial charge is 0.481 e. The Kier molecular flexibility index (Phi) is 3.88. The van der Waals surface area contributed by atoms with Gasteiger partial charge in [-0.05, 0) is 5.56 Å². The SMILES string of the molecule is CC(C(=O)O)[Si](C)(C)c1ccc(CO)cc1. The Labute approximate surface area is 96.8 Å². The van der Waals surface area contributed by atoms with Crippen LogP contribution in [0.15, 0.2) is 24.3 Å². The van der Waals surface area contributed by atoms with Gasteiger partial charge in [-0.1, -0.05) is 49.5 Å². The number of carboxylic acid groups (broad SMARTS) is 1. The van der Waals surface area contributed by atoms with Crippen LogP contribution in [0.3, 0.4) is 0 Å². The predicted molar refractivity (Wildman–Crippen MR) is 66.5 cm³/mol. The summed E-state index contributed by atoms with van der Waals surface area (Å²) in [6, 6.07) is 7.60. The van der Waals surface area contributed by atoms with Crippen molar-refractivity contribution in [3.05, 3.63) is 29.8 Å². The molecule has 0 heterocycles. The molecule has 1 atom stereocenters. The summed E-state index contributed by atoms with van der Waals surface area (Å²) < 4.78 is 0. The average molecular weight is 238 g/mol. The normalized spacial score (nSPS) is 13.5. The summed E-state index contributed by atoms with van der Waals surface area (Å²) in [5, 5.41) is 19.1. The van der Waals surface area contributed by atoms with Crippen molar-refractivity contribution in [2.24, 2.45) is 0 Å². The summed E-state index contributed by atoms with van der Waals surface area (Å²) in [5.74, 6) is -0.733. The van der Waals surface area contributed by atoms with Gasteiger partial charge in [0.1, 0.15) is 0 Å². The molecule has 0 saturated heterocycles. The molecule has 3 nitrogen and oxygen atoms in total. The average Bonchev–Trinajstić information content (AvgIpc) is 2.28. The molecule has 1 aromatic rings. The highest BCUT2D eigenvalue weighted by atomic mass is 28.3. The lowest BCUT2D eigenvalue weighted by molar-refractivity contribution is -0.136. The summed E-state index contributed by atoms with van der Waals surface area (Å²) >= 11 is 0. The fourth-order valence-corrected chi connectivity index (χ4v) is 3.74. The second-order valence-corrected chi connectivity index (χ2v) is 9.52. The fraction of sp³-hybridized carbons (Fsp3) is 0.417. The van der Waals surface area contributed by atoms with Crippen LogP contribution in [0.4, 0.5) is 0 Å². The highest BCUT2D eigenvalue weighted by molar-refractivity contribution is 6.93. The minimum atomic E-state index is -1.96. The van der Waals surface area contributed by atoms with Crippen molar-refractivity contribution in [2.75, 3.05) is 0 Å². The number of aliphatic hydroxyl groups is 1. The van der Waals surface area contributed by atoms with Crippen LogP contribution in [-0.4, -0.2) is 24.3 Å². The molecule has 0 saturated carbocycles. The lowest BCUT2D eigenvalue weighted by Crippen LogP contribution is -2.47. The highest BCUT2D eigenvalue weighted by Gasteiger charge is 2.35. The molecule has 0 radical (unpaired) electrons. The van der Waals surface area contributed by atoms with Crippen LogP contribution in [0, 0.1) is 0 Å². The molecule has 16 heavy (non-hydrogen) atoms. The number of benzene rings is 1. The van der Waals surface area contributed by atoms with E-state index in [1.807, 2.05) is 24.3 Å². The first-order chi connectivity index (χ1) is 7.39. The van der Waals surface area contributed by atoms with Crippen molar-refractivity contribution in [1.82, 2.24) is 0 Å². The molecule has 0 aromatic heterocycles. The molecule has 0 aliphatic heterocycles. The van der Waals surface area contributed by atoms with Gasteiger partial charge in [0.15, 0.2) is 0 Å². The smallest absolute Gasteiger partial charge is 0.303 e. The molecular weight excluding hydrogens is 220 g/mol. The third-order valence-corrected chi connectivity index (χ3v) is 7.57. The van der Waals surface area contributed by atoms with E-state index in [2.05, 4.69) is 13.1 Å². The van der Waals surface area contributed by atoms with E-state index in [1.165, 1.54) is 0 Å². The van der Waals surface area contributed by atoms with Crippen LogP contribution in [0.5, 0.6) is 0 Å². The second-order valence-electron chi connectivity index (χ2n) is 4.64. The van der Waals surface area contributed by atoms with Crippen molar-refractivity contribution in [3.8, 4) is 0 Å². The summed E-state index contributed by atoms with van der Waals surface area (Å²) in [6.07, 6.45) is 0. The van der Waals surface area contributed by atoms with Crippen molar-refractivity contribution in [2.45, 2.75) is 32.2 Å². The first-order valence-corrected chi connectivity index (χ1v) is 8.40. The summed E-state index contributed by atoms with van der Waals surface area (Å²) in [7, 11) is -1.96. The van der Waals surface area contributed by atoms with Crippen LogP contribution >= 0.6 is 0 Å². The Balaban J connectivity index is 3.02. The number of carboxylic acids is 1. The van der Waals surface area contributed by atoms with E-state index in [4.69, 9.17) is 10.2 Å². The first-order valence-electron chi connectivity index (χ1n) is 5.32. The molecule has 4 heteroatoms. The maximum atomic E-state index is 11.0. The zero-order valence-corrected chi connectivity index (χ0v) is 10.9. The Hall–Kier alpha value is -1.13. The number of hydrogen-bond donors (Lipinski definition) is 2. The van der Waals surface area contributed by atoms with Gasteiger partial charge in [-0.2, -0.15) is 0 Å². The number of aliphatic hydroxyl groups excluding tert-OH is 1. The van der Waals surface area contributed by atoms with Gasteiger partial charge in [0.25, 0.3) is 0 Å².